The van der Waals surface area contributed by atoms with E-state index in [2.05, 4.69) is 84.1 Å². The first-order chi connectivity index (χ1) is 57.2. The van der Waals surface area contributed by atoms with Crippen molar-refractivity contribution in [2.75, 3.05) is 52.5 Å². The number of H-pyrrole nitrogens is 1. The summed E-state index contributed by atoms with van der Waals surface area (Å²) in [5, 5.41) is 95.0. The topological polar surface area (TPSA) is 708 Å². The Balaban J connectivity index is 1.52. The van der Waals surface area contributed by atoms with Crippen LogP contribution in [0.15, 0.2) is 64.7 Å². The number of nitrogens with zero attached hydrogens (tertiary/aromatic N) is 3. The first kappa shape index (κ1) is 102. The van der Waals surface area contributed by atoms with E-state index in [0.717, 1.165) is 11.8 Å². The molecule has 3 aromatic rings. The summed E-state index contributed by atoms with van der Waals surface area (Å²) in [6.45, 7) is 10.3. The fourth-order valence-corrected chi connectivity index (χ4v) is 12.9. The van der Waals surface area contributed by atoms with Gasteiger partial charge in [-0.3, -0.25) is 77.1 Å². The number of carboxylic acid groups (broad SMARTS) is 1. The molecule has 43 nitrogen and oxygen atoms in total. The number of nitrogens with one attached hydrogen (secondary N) is 14. The maximum absolute atomic E-state index is 14.8. The van der Waals surface area contributed by atoms with Crippen molar-refractivity contribution in [2.45, 2.75) is 224 Å². The number of likely N-dealkylation sites (tertiary alicyclic amines) is 1. The molecule has 1 aliphatic rings. The van der Waals surface area contributed by atoms with Crippen LogP contribution in [-0.2, 0) is 84.8 Å². The van der Waals surface area contributed by atoms with E-state index in [1.165, 1.54) is 24.3 Å². The average Bonchev–Trinajstić information content (AvgIpc) is 1.70. The summed E-state index contributed by atoms with van der Waals surface area (Å²) in [6, 6.07) is -7.16. The molecular formula is C78H124N22O21. The maximum atomic E-state index is 14.8. The van der Waals surface area contributed by atoms with E-state index in [9.17, 15) is 103 Å². The van der Waals surface area contributed by atoms with Gasteiger partial charge in [0.05, 0.1) is 45.1 Å². The summed E-state index contributed by atoms with van der Waals surface area (Å²) in [5.41, 5.74) is 29.1. The first-order valence-electron chi connectivity index (χ1n) is 40.3. The fourth-order valence-electron chi connectivity index (χ4n) is 12.9. The molecule has 43 heteroatoms. The van der Waals surface area contributed by atoms with E-state index >= 15 is 0 Å². The van der Waals surface area contributed by atoms with Crippen LogP contribution in [0.1, 0.15) is 138 Å². The number of aliphatic hydroxyl groups is 4. The number of aromatic nitrogens is 1. The average molecular weight is 1710 g/mol. The number of amides is 14. The number of phenolic OH excluding ortho intramolecular Hbond substituents is 1. The van der Waals surface area contributed by atoms with E-state index in [1.54, 1.807) is 85.9 Å². The predicted octanol–water partition coefficient (Wildman–Crippen LogP) is -6.72. The zero-order valence-electron chi connectivity index (χ0n) is 69.8. The number of para-hydroxylation sites is 1. The molecular weight excluding hydrogens is 1580 g/mol. The van der Waals surface area contributed by atoms with Crippen molar-refractivity contribution in [2.24, 2.45) is 62.3 Å². The standard InChI is InChI=1S/C78H124N22O21/c1-10-41(7)61(97-69(113)54(32-45-33-86-49-19-13-12-17-47(45)49)90-60(107)35-88-66(110)55(36-101)96-73(117)62(42(8)11-2)98-70(114)56(37-102)94-64(108)48(79)18-14-26-84-77(80)81)72(116)92-52(30-40(5)6)67(111)95-57(38-103)71(115)99-63(43(9)104)74(118)93-53(31-44-22-24-46(105)25-23-44)68(112)91-51(29-39(3)4)65(109)87-34-59(106)89-50(20-15-27-85-78(82)83)75(119)100-28-16-21-58(100)76(120)121/h12-13,17,19,22-25,33,39-43,48,50-58,61-63,86,101-105H,10-11,14-16,18,20-21,26-32,34-38,79H2,1-9H3,(H,87,109)(H,88,110)(H,89,106)(H,90,107)(H,91,112)(H,92,116)(H,93,118)(H,94,108)(H,95,111)(H,96,117)(H,97,113)(H,98,114)(H,99,115)(H,120,121)(H4,80,81,84)(H4,82,83,85)/t41-,42-,43+,48-,50-,51-,52-,53-,54-,55-,56-,57-,58-,61-,62-,63-/m0/s1. The third-order valence-electron chi connectivity index (χ3n) is 20.1. The zero-order chi connectivity index (χ0) is 90.5. The van der Waals surface area contributed by atoms with Crippen molar-refractivity contribution in [3.05, 3.63) is 65.9 Å². The van der Waals surface area contributed by atoms with E-state index in [1.807, 2.05) is 0 Å². The molecule has 16 atom stereocenters. The molecule has 0 spiro atoms. The number of hydrogen-bond donors (Lipinski definition) is 25. The minimum absolute atomic E-state index is 0.0176. The highest BCUT2D eigenvalue weighted by Gasteiger charge is 2.41. The smallest absolute Gasteiger partial charge is 0.326 e. The van der Waals surface area contributed by atoms with Crippen molar-refractivity contribution < 1.29 is 103 Å². The lowest BCUT2D eigenvalue weighted by atomic mass is 9.95. The van der Waals surface area contributed by atoms with E-state index in [-0.39, 0.29) is 113 Å². The number of guanidine groups is 2. The fraction of sp³-hybridized carbons (Fsp3) is 0.603. The van der Waals surface area contributed by atoms with Crippen LogP contribution in [0, 0.1) is 23.7 Å². The molecule has 0 unspecified atom stereocenters. The second kappa shape index (κ2) is 50.9. The molecule has 1 aromatic heterocycles. The monoisotopic (exact) mass is 1700 g/mol. The molecule has 2 aromatic carbocycles. The Morgan fingerprint density at radius 1 is 0.496 bits per heavy atom. The van der Waals surface area contributed by atoms with Crippen molar-refractivity contribution in [1.82, 2.24) is 79.0 Å². The Morgan fingerprint density at radius 3 is 1.41 bits per heavy atom. The number of rotatable bonds is 52. The molecule has 30 N–H and O–H groups in total. The number of nitrogens with two attached hydrogens (primary N) is 5. The molecule has 0 bridgehead atoms. The lowest BCUT2D eigenvalue weighted by Crippen LogP contribution is -2.63. The molecule has 1 fully saturated rings. The molecule has 1 aliphatic heterocycles. The van der Waals surface area contributed by atoms with Gasteiger partial charge in [-0.25, -0.2) is 4.79 Å². The van der Waals surface area contributed by atoms with Gasteiger partial charge in [-0.1, -0.05) is 98.6 Å². The van der Waals surface area contributed by atoms with E-state index < -0.39 is 218 Å². The Bertz CT molecular complexity index is 4060. The Hall–Kier alpha value is -11.8. The van der Waals surface area contributed by atoms with Crippen LogP contribution >= 0.6 is 0 Å². The maximum Gasteiger partial charge on any atom is 0.326 e. The van der Waals surface area contributed by atoms with E-state index in [4.69, 9.17) is 28.7 Å². The second-order valence-corrected chi connectivity index (χ2v) is 30.8. The number of aliphatic imine (C=N–C) groups is 2. The highest BCUT2D eigenvalue weighted by atomic mass is 16.4. The SMILES string of the molecule is CC[C@H](C)[C@H](NC(=O)[C@H](CO)NC(=O)[C@@H](N)CCCN=C(N)N)C(=O)N[C@@H](CO)C(=O)NCC(=O)N[C@@H](Cc1c[nH]c2ccccc12)C(=O)N[C@H](C(=O)N[C@@H](CC(C)C)C(=O)N[C@@H](CO)C(=O)N[C@H](C(=O)N[C@@H](Cc1ccc(O)cc1)C(=O)N[C@@H](CC(C)C)C(=O)NCC(=O)N[C@@H](CCCN=C(N)N)C(=O)N1CCC[C@H]1C(=O)O)[C@@H](C)O)[C@@H](C)CC. The van der Waals surface area contributed by atoms with Gasteiger partial charge in [-0.05, 0) is 111 Å². The number of carbonyl (C=O) groups excluding carboxylic acids is 14. The van der Waals surface area contributed by atoms with Gasteiger partial charge in [0.15, 0.2) is 11.9 Å². The van der Waals surface area contributed by atoms with Crippen molar-refractivity contribution in [3.63, 3.8) is 0 Å². The summed E-state index contributed by atoms with van der Waals surface area (Å²) >= 11 is 0. The molecule has 121 heavy (non-hydrogen) atoms. The number of benzene rings is 2. The van der Waals surface area contributed by atoms with Gasteiger partial charge in [-0.2, -0.15) is 0 Å². The zero-order valence-corrected chi connectivity index (χ0v) is 69.8. The number of hydrogen-bond acceptors (Lipinski definition) is 23. The largest absolute Gasteiger partial charge is 0.508 e. The van der Waals surface area contributed by atoms with Gasteiger partial charge in [0.25, 0.3) is 0 Å². The summed E-state index contributed by atoms with van der Waals surface area (Å²) in [6.07, 6.45) is 0.795. The molecule has 4 rings (SSSR count). The molecule has 0 saturated carbocycles. The van der Waals surface area contributed by atoms with Crippen LogP contribution in [0.3, 0.4) is 0 Å². The number of fused-ring (bicyclic) bond motifs is 1. The van der Waals surface area contributed by atoms with Crippen LogP contribution in [-0.4, -0.2) is 278 Å². The normalized spacial score (nSPS) is 16.2. The van der Waals surface area contributed by atoms with Gasteiger partial charge in [0.2, 0.25) is 82.7 Å². The van der Waals surface area contributed by atoms with Gasteiger partial charge >= 0.3 is 5.97 Å². The van der Waals surface area contributed by atoms with Gasteiger partial charge in [0, 0.05) is 49.6 Å². The molecule has 672 valence electrons. The quantitative estimate of drug-likeness (QED) is 0.0142. The van der Waals surface area contributed by atoms with Crippen LogP contribution in [0.2, 0.25) is 0 Å². The number of aliphatic carboxylic acids is 1. The number of phenols is 1. The number of carbonyl (C=O) groups is 15. The molecule has 14 amide bonds. The summed E-state index contributed by atoms with van der Waals surface area (Å²) in [5.74, 6) is -17.3. The van der Waals surface area contributed by atoms with Crippen molar-refractivity contribution in [3.8, 4) is 5.75 Å². The summed E-state index contributed by atoms with van der Waals surface area (Å²) in [4.78, 5) is 220. The minimum atomic E-state index is -1.94. The second-order valence-electron chi connectivity index (χ2n) is 30.8. The van der Waals surface area contributed by atoms with Crippen LogP contribution in [0.25, 0.3) is 10.9 Å². The Labute approximate surface area is 700 Å². The summed E-state index contributed by atoms with van der Waals surface area (Å²) < 4.78 is 0. The number of aromatic amines is 1. The van der Waals surface area contributed by atoms with E-state index in [0.29, 0.717) is 34.9 Å². The van der Waals surface area contributed by atoms with Crippen LogP contribution in [0.4, 0.5) is 0 Å². The number of aromatic hydroxyl groups is 1. The molecule has 1 saturated heterocycles. The lowest BCUT2D eigenvalue weighted by molar-refractivity contribution is -0.149. The highest BCUT2D eigenvalue weighted by Crippen LogP contribution is 2.23. The van der Waals surface area contributed by atoms with Gasteiger partial charge in [0.1, 0.15) is 78.3 Å². The molecule has 0 aliphatic carbocycles. The highest BCUT2D eigenvalue weighted by molar-refractivity contribution is 6.01. The lowest BCUT2D eigenvalue weighted by Gasteiger charge is -2.30. The number of aliphatic hydroxyl groups excluding tert-OH is 4. The Kier molecular flexibility index (Phi) is 42.7. The molecule has 0 radical (unpaired) electrons. The third-order valence-corrected chi connectivity index (χ3v) is 20.1. The number of carboxylic acids is 1. The predicted molar refractivity (Wildman–Crippen MR) is 442 cm³/mol. The Morgan fingerprint density at radius 2 is 0.909 bits per heavy atom. The molecule has 2 heterocycles. The third kappa shape index (κ3) is 33.7. The van der Waals surface area contributed by atoms with Crippen molar-refractivity contribution in [1.29, 1.82) is 0 Å². The van der Waals surface area contributed by atoms with Crippen LogP contribution in [0.5, 0.6) is 5.75 Å². The first-order valence-corrected chi connectivity index (χ1v) is 40.3. The minimum Gasteiger partial charge on any atom is -0.508 e. The van der Waals surface area contributed by atoms with Crippen LogP contribution < -0.4 is 97.8 Å². The van der Waals surface area contributed by atoms with Crippen molar-refractivity contribution >= 4 is 111 Å². The van der Waals surface area contributed by atoms with Gasteiger partial charge in [-0.15, -0.1) is 0 Å². The van der Waals surface area contributed by atoms with Gasteiger partial charge < -0.3 is 138 Å². The summed E-state index contributed by atoms with van der Waals surface area (Å²) in [7, 11) is 0.